The van der Waals surface area contributed by atoms with Crippen molar-refractivity contribution in [1.29, 1.82) is 0 Å². The number of aryl methyl sites for hydroxylation is 1. The highest BCUT2D eigenvalue weighted by molar-refractivity contribution is 6.22. The highest BCUT2D eigenvalue weighted by Gasteiger charge is 2.20. The van der Waals surface area contributed by atoms with Crippen LogP contribution in [0.15, 0.2) is 152 Å². The molecule has 0 fully saturated rings. The summed E-state index contributed by atoms with van der Waals surface area (Å²) in [7, 11) is 0. The van der Waals surface area contributed by atoms with Crippen LogP contribution in [0.3, 0.4) is 0 Å². The van der Waals surface area contributed by atoms with E-state index in [-0.39, 0.29) is 5.82 Å². The summed E-state index contributed by atoms with van der Waals surface area (Å²) in [6.45, 7) is -2.40. The Hall–Kier alpha value is -5.47. The van der Waals surface area contributed by atoms with E-state index in [2.05, 4.69) is 102 Å². The lowest BCUT2D eigenvalue weighted by molar-refractivity contribution is 1.00. The molecule has 8 aromatic rings. The standard InChI is InChI=1S/C40H28N2/c1-27-41-36-21-11-13-23-38(36)42(27)37-22-12-10-20-34(37)40-32-19-9-8-18-31(32)39(29-16-6-3-7-17-29)35-26-30(24-25-33(35)40)28-14-4-2-5-15-28/h2-26H,1H3/i1D3. The average molecular weight is 540 g/mol. The Morgan fingerprint density at radius 2 is 1.12 bits per heavy atom. The maximum absolute atomic E-state index is 8.41. The third kappa shape index (κ3) is 3.84. The van der Waals surface area contributed by atoms with Gasteiger partial charge < -0.3 is 0 Å². The maximum Gasteiger partial charge on any atom is 0.111 e. The first-order valence-corrected chi connectivity index (χ1v) is 14.2. The predicted molar refractivity (Wildman–Crippen MR) is 177 cm³/mol. The Balaban J connectivity index is 1.52. The number of hydrogen-bond acceptors (Lipinski definition) is 1. The molecule has 0 saturated carbocycles. The number of imidazole rings is 1. The highest BCUT2D eigenvalue weighted by Crippen LogP contribution is 2.46. The van der Waals surface area contributed by atoms with Crippen molar-refractivity contribution in [3.8, 4) is 39.1 Å². The monoisotopic (exact) mass is 539 g/mol. The van der Waals surface area contributed by atoms with E-state index < -0.39 is 6.85 Å². The molecule has 0 radical (unpaired) electrons. The lowest BCUT2D eigenvalue weighted by Gasteiger charge is -2.21. The van der Waals surface area contributed by atoms with Gasteiger partial charge in [0, 0.05) is 9.68 Å². The maximum atomic E-state index is 8.41. The number of benzene rings is 7. The highest BCUT2D eigenvalue weighted by atomic mass is 15.1. The van der Waals surface area contributed by atoms with Crippen LogP contribution in [0, 0.1) is 6.85 Å². The zero-order chi connectivity index (χ0) is 30.5. The van der Waals surface area contributed by atoms with E-state index in [1.165, 1.54) is 5.56 Å². The Bertz CT molecular complexity index is 2350. The van der Waals surface area contributed by atoms with Crippen molar-refractivity contribution >= 4 is 32.6 Å². The quantitative estimate of drug-likeness (QED) is 0.203. The largest absolute Gasteiger partial charge is 0.296 e. The van der Waals surface area contributed by atoms with Crippen LogP contribution in [0.25, 0.3) is 71.6 Å². The minimum absolute atomic E-state index is 0.0528. The van der Waals surface area contributed by atoms with Gasteiger partial charge in [0.2, 0.25) is 0 Å². The van der Waals surface area contributed by atoms with Crippen LogP contribution in [-0.2, 0) is 0 Å². The van der Waals surface area contributed by atoms with E-state index in [1.54, 1.807) is 0 Å². The number of aromatic nitrogens is 2. The van der Waals surface area contributed by atoms with Crippen molar-refractivity contribution in [2.24, 2.45) is 0 Å². The van der Waals surface area contributed by atoms with Gasteiger partial charge in [0.05, 0.1) is 16.7 Å². The van der Waals surface area contributed by atoms with E-state index in [0.717, 1.165) is 60.6 Å². The fourth-order valence-electron chi connectivity index (χ4n) is 6.34. The molecule has 2 heteroatoms. The van der Waals surface area contributed by atoms with Crippen molar-refractivity contribution in [3.63, 3.8) is 0 Å². The van der Waals surface area contributed by atoms with Gasteiger partial charge in [-0.3, -0.25) is 4.57 Å². The molecule has 0 N–H and O–H groups in total. The number of nitrogens with zero attached hydrogens (tertiary/aromatic N) is 2. The molecule has 1 heterocycles. The lowest BCUT2D eigenvalue weighted by atomic mass is 9.84. The van der Waals surface area contributed by atoms with Crippen LogP contribution in [0.4, 0.5) is 0 Å². The van der Waals surface area contributed by atoms with Gasteiger partial charge in [-0.15, -0.1) is 0 Å². The minimum atomic E-state index is -2.40. The Morgan fingerprint density at radius 3 is 1.90 bits per heavy atom. The molecule has 0 unspecified atom stereocenters. The molecule has 2 nitrogen and oxygen atoms in total. The second kappa shape index (κ2) is 9.87. The molecule has 7 aromatic carbocycles. The summed E-state index contributed by atoms with van der Waals surface area (Å²) in [5.74, 6) is 0.0528. The smallest absolute Gasteiger partial charge is 0.111 e. The van der Waals surface area contributed by atoms with Gasteiger partial charge in [-0.05, 0) is 80.5 Å². The van der Waals surface area contributed by atoms with E-state index in [1.807, 2.05) is 59.2 Å². The normalized spacial score (nSPS) is 12.8. The van der Waals surface area contributed by atoms with Crippen molar-refractivity contribution < 1.29 is 4.11 Å². The zero-order valence-corrected chi connectivity index (χ0v) is 22.8. The molecular formula is C40H28N2. The van der Waals surface area contributed by atoms with Crippen LogP contribution < -0.4 is 0 Å². The Kier molecular flexibility index (Phi) is 5.00. The summed E-state index contributed by atoms with van der Waals surface area (Å²) in [5.41, 5.74) is 8.82. The molecule has 0 saturated heterocycles. The van der Waals surface area contributed by atoms with Crippen molar-refractivity contribution in [2.45, 2.75) is 6.85 Å². The molecule has 0 atom stereocenters. The first-order chi connectivity index (χ1) is 22.0. The predicted octanol–water partition coefficient (Wildman–Crippen LogP) is 10.6. The lowest BCUT2D eigenvalue weighted by Crippen LogP contribution is -2.00. The summed E-state index contributed by atoms with van der Waals surface area (Å²) in [6.07, 6.45) is 0. The van der Waals surface area contributed by atoms with Gasteiger partial charge in [-0.2, -0.15) is 0 Å². The van der Waals surface area contributed by atoms with Crippen LogP contribution in [0.2, 0.25) is 0 Å². The molecule has 0 aliphatic rings. The van der Waals surface area contributed by atoms with Gasteiger partial charge in [0.25, 0.3) is 0 Å². The number of hydrogen-bond donors (Lipinski definition) is 0. The number of rotatable bonds is 4. The van der Waals surface area contributed by atoms with E-state index in [4.69, 9.17) is 4.11 Å². The van der Waals surface area contributed by atoms with Gasteiger partial charge in [-0.25, -0.2) is 4.98 Å². The van der Waals surface area contributed by atoms with E-state index >= 15 is 0 Å². The zero-order valence-electron chi connectivity index (χ0n) is 25.8. The number of fused-ring (bicyclic) bond motifs is 3. The summed E-state index contributed by atoms with van der Waals surface area (Å²) in [6, 6.07) is 52.0. The van der Waals surface area contributed by atoms with Crippen LogP contribution in [0.1, 0.15) is 9.94 Å². The van der Waals surface area contributed by atoms with Crippen molar-refractivity contribution in [1.82, 2.24) is 9.55 Å². The summed E-state index contributed by atoms with van der Waals surface area (Å²) in [5, 5.41) is 4.47. The van der Waals surface area contributed by atoms with Crippen LogP contribution in [0.5, 0.6) is 0 Å². The van der Waals surface area contributed by atoms with Crippen molar-refractivity contribution in [2.75, 3.05) is 0 Å². The molecule has 8 rings (SSSR count). The molecule has 0 bridgehead atoms. The Labute approximate surface area is 249 Å². The van der Waals surface area contributed by atoms with Gasteiger partial charge in [0.1, 0.15) is 5.82 Å². The molecule has 42 heavy (non-hydrogen) atoms. The Morgan fingerprint density at radius 1 is 0.500 bits per heavy atom. The van der Waals surface area contributed by atoms with Gasteiger partial charge in [0.15, 0.2) is 0 Å². The molecule has 0 aliphatic heterocycles. The molecule has 0 aliphatic carbocycles. The third-order valence-electron chi connectivity index (χ3n) is 8.17. The molecule has 1 aromatic heterocycles. The van der Waals surface area contributed by atoms with E-state index in [0.29, 0.717) is 5.52 Å². The van der Waals surface area contributed by atoms with Crippen LogP contribution >= 0.6 is 0 Å². The second-order valence-corrected chi connectivity index (χ2v) is 10.6. The average Bonchev–Trinajstić information content (AvgIpc) is 3.48. The second-order valence-electron chi connectivity index (χ2n) is 10.6. The number of para-hydroxylation sites is 3. The fourth-order valence-corrected chi connectivity index (χ4v) is 6.34. The van der Waals surface area contributed by atoms with Gasteiger partial charge >= 0.3 is 0 Å². The summed E-state index contributed by atoms with van der Waals surface area (Å²) >= 11 is 0. The molecule has 198 valence electrons. The molecule has 0 spiro atoms. The SMILES string of the molecule is [2H]C([2H])([2H])c1nc2ccccc2n1-c1ccccc1-c1c2ccccc2c(-c2ccccc2)c2cc(-c3ccccc3)ccc12. The van der Waals surface area contributed by atoms with Crippen LogP contribution in [-0.4, -0.2) is 9.55 Å². The van der Waals surface area contributed by atoms with Crippen molar-refractivity contribution in [3.05, 3.63) is 157 Å². The molecule has 0 amide bonds. The topological polar surface area (TPSA) is 17.8 Å². The summed E-state index contributed by atoms with van der Waals surface area (Å²) < 4.78 is 27.1. The third-order valence-corrected chi connectivity index (χ3v) is 8.17. The minimum Gasteiger partial charge on any atom is -0.296 e. The molecular weight excluding hydrogens is 508 g/mol. The first kappa shape index (κ1) is 21.3. The fraction of sp³-hybridized carbons (Fsp3) is 0.0250. The first-order valence-electron chi connectivity index (χ1n) is 15.7. The van der Waals surface area contributed by atoms with E-state index in [9.17, 15) is 0 Å². The summed E-state index contributed by atoms with van der Waals surface area (Å²) in [4.78, 5) is 4.62. The van der Waals surface area contributed by atoms with Gasteiger partial charge in [-0.1, -0.05) is 127 Å².